The highest BCUT2D eigenvalue weighted by molar-refractivity contribution is 5.49. The minimum Gasteiger partial charge on any atom is -0.368 e. The van der Waals surface area contributed by atoms with E-state index in [-0.39, 0.29) is 0 Å². The zero-order valence-corrected chi connectivity index (χ0v) is 11.2. The number of benzene rings is 1. The lowest BCUT2D eigenvalue weighted by molar-refractivity contribution is 0.297. The number of piperidine rings is 1. The number of nitrogens with zero attached hydrogens (tertiary/aromatic N) is 1. The van der Waals surface area contributed by atoms with Crippen LogP contribution in [-0.2, 0) is 6.54 Å². The molecule has 3 unspecified atom stereocenters. The summed E-state index contributed by atoms with van der Waals surface area (Å²) in [6, 6.07) is 9.35. The summed E-state index contributed by atoms with van der Waals surface area (Å²) >= 11 is 0. The van der Waals surface area contributed by atoms with Gasteiger partial charge in [-0.2, -0.15) is 0 Å². The first-order chi connectivity index (χ1) is 8.11. The first kappa shape index (κ1) is 12.4. The molecule has 3 atom stereocenters. The van der Waals surface area contributed by atoms with Crippen LogP contribution in [0.15, 0.2) is 24.3 Å². The lowest BCUT2D eigenvalue weighted by Gasteiger charge is -2.42. The lowest BCUT2D eigenvalue weighted by Crippen LogP contribution is -2.45. The van der Waals surface area contributed by atoms with Gasteiger partial charge in [0.1, 0.15) is 0 Å². The van der Waals surface area contributed by atoms with Gasteiger partial charge in [0.25, 0.3) is 0 Å². The normalized spacial score (nSPS) is 29.4. The predicted octanol–water partition coefficient (Wildman–Crippen LogP) is 3.02. The van der Waals surface area contributed by atoms with Gasteiger partial charge >= 0.3 is 0 Å². The van der Waals surface area contributed by atoms with Gasteiger partial charge in [0, 0.05) is 24.8 Å². The SMILES string of the molecule is CC1CC(C)C(C)N(c2ccc(CN)cc2)C1. The summed E-state index contributed by atoms with van der Waals surface area (Å²) < 4.78 is 0. The maximum absolute atomic E-state index is 5.64. The van der Waals surface area contributed by atoms with Crippen LogP contribution in [0.2, 0.25) is 0 Å². The molecule has 1 aliphatic heterocycles. The molecule has 2 nitrogen and oxygen atoms in total. The minimum atomic E-state index is 0.628. The molecule has 0 amide bonds. The van der Waals surface area contributed by atoms with Crippen molar-refractivity contribution in [1.29, 1.82) is 0 Å². The summed E-state index contributed by atoms with van der Waals surface area (Å²) in [5, 5.41) is 0. The van der Waals surface area contributed by atoms with E-state index >= 15 is 0 Å². The highest BCUT2D eigenvalue weighted by Gasteiger charge is 2.28. The predicted molar refractivity (Wildman–Crippen MR) is 74.1 cm³/mol. The summed E-state index contributed by atoms with van der Waals surface area (Å²) in [5.74, 6) is 1.56. The van der Waals surface area contributed by atoms with Crippen LogP contribution >= 0.6 is 0 Å². The zero-order valence-electron chi connectivity index (χ0n) is 11.2. The molecule has 1 aliphatic rings. The quantitative estimate of drug-likeness (QED) is 0.849. The Hall–Kier alpha value is -1.02. The molecule has 0 bridgehead atoms. The summed E-state index contributed by atoms with van der Waals surface area (Å²) in [6.07, 6.45) is 1.35. The number of nitrogens with two attached hydrogens (primary N) is 1. The van der Waals surface area contributed by atoms with Crippen molar-refractivity contribution in [3.05, 3.63) is 29.8 Å². The molecule has 2 N–H and O–H groups in total. The van der Waals surface area contributed by atoms with E-state index in [1.54, 1.807) is 0 Å². The van der Waals surface area contributed by atoms with Crippen LogP contribution in [0.3, 0.4) is 0 Å². The van der Waals surface area contributed by atoms with Crippen LogP contribution in [0, 0.1) is 11.8 Å². The van der Waals surface area contributed by atoms with E-state index in [4.69, 9.17) is 5.73 Å². The second-order valence-electron chi connectivity index (χ2n) is 5.58. The van der Waals surface area contributed by atoms with Gasteiger partial charge in [-0.25, -0.2) is 0 Å². The Balaban J connectivity index is 2.19. The van der Waals surface area contributed by atoms with Crippen LogP contribution in [0.1, 0.15) is 32.8 Å². The highest BCUT2D eigenvalue weighted by Crippen LogP contribution is 2.31. The Labute approximate surface area is 105 Å². The third kappa shape index (κ3) is 2.63. The molecule has 17 heavy (non-hydrogen) atoms. The molecule has 0 aliphatic carbocycles. The molecule has 0 aromatic heterocycles. The van der Waals surface area contributed by atoms with Crippen molar-refractivity contribution in [2.45, 2.75) is 39.8 Å². The number of anilines is 1. The molecule has 0 spiro atoms. The maximum Gasteiger partial charge on any atom is 0.0368 e. The number of hydrogen-bond acceptors (Lipinski definition) is 2. The highest BCUT2D eigenvalue weighted by atomic mass is 15.2. The fourth-order valence-electron chi connectivity index (χ4n) is 2.88. The monoisotopic (exact) mass is 232 g/mol. The lowest BCUT2D eigenvalue weighted by atomic mass is 9.85. The van der Waals surface area contributed by atoms with Crippen LogP contribution in [0.4, 0.5) is 5.69 Å². The van der Waals surface area contributed by atoms with Gasteiger partial charge in [0.2, 0.25) is 0 Å². The third-order valence-corrected chi connectivity index (χ3v) is 4.10. The fraction of sp³-hybridized carbons (Fsp3) is 0.600. The molecule has 2 rings (SSSR count). The summed E-state index contributed by atoms with van der Waals surface area (Å²) in [5.41, 5.74) is 8.18. The van der Waals surface area contributed by atoms with E-state index in [2.05, 4.69) is 49.9 Å². The van der Waals surface area contributed by atoms with Gasteiger partial charge in [-0.05, 0) is 42.9 Å². The van der Waals surface area contributed by atoms with E-state index in [1.165, 1.54) is 24.2 Å². The molecule has 2 heteroatoms. The molecule has 0 radical (unpaired) electrons. The van der Waals surface area contributed by atoms with Crippen LogP contribution in [-0.4, -0.2) is 12.6 Å². The molecule has 1 aromatic carbocycles. The smallest absolute Gasteiger partial charge is 0.0368 e. The molecular formula is C15H24N2. The van der Waals surface area contributed by atoms with Crippen molar-refractivity contribution in [3.8, 4) is 0 Å². The Bertz CT molecular complexity index is 358. The largest absolute Gasteiger partial charge is 0.368 e. The average molecular weight is 232 g/mol. The summed E-state index contributed by atoms with van der Waals surface area (Å²) in [4.78, 5) is 2.54. The topological polar surface area (TPSA) is 29.3 Å². The molecule has 1 heterocycles. The number of rotatable bonds is 2. The third-order valence-electron chi connectivity index (χ3n) is 4.10. The van der Waals surface area contributed by atoms with Crippen LogP contribution in [0.5, 0.6) is 0 Å². The second kappa shape index (κ2) is 5.09. The zero-order chi connectivity index (χ0) is 12.4. The second-order valence-corrected chi connectivity index (χ2v) is 5.58. The van der Waals surface area contributed by atoms with Crippen molar-refractivity contribution >= 4 is 5.69 Å². The first-order valence-corrected chi connectivity index (χ1v) is 6.67. The van der Waals surface area contributed by atoms with E-state index in [0.717, 1.165) is 11.8 Å². The van der Waals surface area contributed by atoms with Crippen molar-refractivity contribution in [3.63, 3.8) is 0 Å². The van der Waals surface area contributed by atoms with Crippen LogP contribution in [0.25, 0.3) is 0 Å². The first-order valence-electron chi connectivity index (χ1n) is 6.67. The van der Waals surface area contributed by atoms with Gasteiger partial charge in [0.05, 0.1) is 0 Å². The molecule has 1 fully saturated rings. The summed E-state index contributed by atoms with van der Waals surface area (Å²) in [7, 11) is 0. The Kier molecular flexibility index (Phi) is 3.72. The van der Waals surface area contributed by atoms with Crippen molar-refractivity contribution < 1.29 is 0 Å². The molecule has 1 aromatic rings. The Morgan fingerprint density at radius 3 is 2.41 bits per heavy atom. The van der Waals surface area contributed by atoms with Gasteiger partial charge in [-0.3, -0.25) is 0 Å². The summed E-state index contributed by atoms with van der Waals surface area (Å²) in [6.45, 7) is 8.86. The van der Waals surface area contributed by atoms with Crippen LogP contribution < -0.4 is 10.6 Å². The van der Waals surface area contributed by atoms with Gasteiger partial charge < -0.3 is 10.6 Å². The van der Waals surface area contributed by atoms with Crippen molar-refractivity contribution in [2.75, 3.05) is 11.4 Å². The fourth-order valence-corrected chi connectivity index (χ4v) is 2.88. The molecule has 1 saturated heterocycles. The van der Waals surface area contributed by atoms with E-state index < -0.39 is 0 Å². The Morgan fingerprint density at radius 1 is 1.18 bits per heavy atom. The van der Waals surface area contributed by atoms with Gasteiger partial charge in [-0.1, -0.05) is 26.0 Å². The van der Waals surface area contributed by atoms with E-state index in [1.807, 2.05) is 0 Å². The van der Waals surface area contributed by atoms with E-state index in [0.29, 0.717) is 12.6 Å². The van der Waals surface area contributed by atoms with Crippen molar-refractivity contribution in [1.82, 2.24) is 0 Å². The molecular weight excluding hydrogens is 208 g/mol. The van der Waals surface area contributed by atoms with Gasteiger partial charge in [-0.15, -0.1) is 0 Å². The molecule has 94 valence electrons. The minimum absolute atomic E-state index is 0.628. The van der Waals surface area contributed by atoms with Gasteiger partial charge in [0.15, 0.2) is 0 Å². The molecule has 0 saturated carbocycles. The average Bonchev–Trinajstić information content (AvgIpc) is 2.34. The Morgan fingerprint density at radius 2 is 1.82 bits per heavy atom. The number of hydrogen-bond donors (Lipinski definition) is 1. The van der Waals surface area contributed by atoms with E-state index in [9.17, 15) is 0 Å². The maximum atomic E-state index is 5.64. The van der Waals surface area contributed by atoms with Crippen molar-refractivity contribution in [2.24, 2.45) is 17.6 Å². The standard InChI is InChI=1S/C15H24N2/c1-11-8-12(2)13(3)17(10-11)15-6-4-14(9-16)5-7-15/h4-7,11-13H,8-10,16H2,1-3H3.